The molecule has 0 aromatic heterocycles. The maximum Gasteiger partial charge on any atom is 0.251 e. The van der Waals surface area contributed by atoms with Crippen molar-refractivity contribution in [3.8, 4) is 0 Å². The average Bonchev–Trinajstić information content (AvgIpc) is 2.49. The number of carbonyl (C=O) groups is 1. The SMILES string of the molecule is COCCN(C)CCCNC(=O)c1ccc(CN)cc1. The van der Waals surface area contributed by atoms with Crippen LogP contribution >= 0.6 is 0 Å². The molecule has 1 rings (SSSR count). The normalized spacial score (nSPS) is 10.8. The topological polar surface area (TPSA) is 67.6 Å². The fraction of sp³-hybridized carbons (Fsp3) is 0.533. The second-order valence-electron chi connectivity index (χ2n) is 4.81. The van der Waals surface area contributed by atoms with E-state index in [1.165, 1.54) is 0 Å². The van der Waals surface area contributed by atoms with Gasteiger partial charge in [0.2, 0.25) is 0 Å². The van der Waals surface area contributed by atoms with Crippen LogP contribution in [0.25, 0.3) is 0 Å². The van der Waals surface area contributed by atoms with E-state index in [0.29, 0.717) is 18.7 Å². The number of nitrogens with zero attached hydrogens (tertiary/aromatic N) is 1. The van der Waals surface area contributed by atoms with E-state index in [1.54, 1.807) is 7.11 Å². The summed E-state index contributed by atoms with van der Waals surface area (Å²) in [5.74, 6) is -0.0342. The number of likely N-dealkylation sites (N-methyl/N-ethyl adjacent to an activating group) is 1. The smallest absolute Gasteiger partial charge is 0.251 e. The zero-order chi connectivity index (χ0) is 14.8. The molecule has 5 heteroatoms. The van der Waals surface area contributed by atoms with E-state index in [0.717, 1.165) is 31.7 Å². The number of benzene rings is 1. The number of hydrogen-bond acceptors (Lipinski definition) is 4. The first-order valence-electron chi connectivity index (χ1n) is 6.92. The summed E-state index contributed by atoms with van der Waals surface area (Å²) in [6.45, 7) is 3.75. The van der Waals surface area contributed by atoms with Gasteiger partial charge in [-0.15, -0.1) is 0 Å². The average molecular weight is 279 g/mol. The van der Waals surface area contributed by atoms with Crippen molar-refractivity contribution in [2.24, 2.45) is 5.73 Å². The second kappa shape index (κ2) is 9.47. The van der Waals surface area contributed by atoms with Crippen LogP contribution in [0.1, 0.15) is 22.3 Å². The number of methoxy groups -OCH3 is 1. The van der Waals surface area contributed by atoms with Crippen molar-refractivity contribution in [3.63, 3.8) is 0 Å². The van der Waals surface area contributed by atoms with Gasteiger partial charge in [0, 0.05) is 32.3 Å². The molecular formula is C15H25N3O2. The summed E-state index contributed by atoms with van der Waals surface area (Å²) in [7, 11) is 3.75. The summed E-state index contributed by atoms with van der Waals surface area (Å²) in [4.78, 5) is 14.1. The number of nitrogens with one attached hydrogen (secondary N) is 1. The van der Waals surface area contributed by atoms with Gasteiger partial charge in [0.25, 0.3) is 5.91 Å². The molecule has 0 unspecified atom stereocenters. The van der Waals surface area contributed by atoms with Gasteiger partial charge in [-0.1, -0.05) is 12.1 Å². The van der Waals surface area contributed by atoms with Gasteiger partial charge in [-0.3, -0.25) is 4.79 Å². The monoisotopic (exact) mass is 279 g/mol. The highest BCUT2D eigenvalue weighted by atomic mass is 16.5. The minimum absolute atomic E-state index is 0.0342. The summed E-state index contributed by atoms with van der Waals surface area (Å²) in [6, 6.07) is 7.38. The summed E-state index contributed by atoms with van der Waals surface area (Å²) in [5, 5.41) is 2.92. The molecule has 0 saturated carbocycles. The highest BCUT2D eigenvalue weighted by Crippen LogP contribution is 2.03. The van der Waals surface area contributed by atoms with E-state index in [2.05, 4.69) is 10.2 Å². The van der Waals surface area contributed by atoms with Gasteiger partial charge in [0.05, 0.1) is 6.61 Å². The third kappa shape index (κ3) is 6.14. The van der Waals surface area contributed by atoms with Gasteiger partial charge in [0.15, 0.2) is 0 Å². The Morgan fingerprint density at radius 2 is 2.00 bits per heavy atom. The Labute approximate surface area is 121 Å². The molecule has 20 heavy (non-hydrogen) atoms. The molecule has 0 aliphatic carbocycles. The molecule has 0 heterocycles. The molecule has 1 aromatic rings. The van der Waals surface area contributed by atoms with Gasteiger partial charge >= 0.3 is 0 Å². The molecule has 1 amide bonds. The lowest BCUT2D eigenvalue weighted by molar-refractivity contribution is 0.0951. The Hall–Kier alpha value is -1.43. The molecule has 0 spiro atoms. The van der Waals surface area contributed by atoms with Gasteiger partial charge in [0.1, 0.15) is 0 Å². The molecule has 0 saturated heterocycles. The van der Waals surface area contributed by atoms with Crippen molar-refractivity contribution in [3.05, 3.63) is 35.4 Å². The first kappa shape index (κ1) is 16.6. The maximum absolute atomic E-state index is 11.9. The minimum Gasteiger partial charge on any atom is -0.383 e. The highest BCUT2D eigenvalue weighted by Gasteiger charge is 2.04. The highest BCUT2D eigenvalue weighted by molar-refractivity contribution is 5.94. The van der Waals surface area contributed by atoms with Crippen molar-refractivity contribution >= 4 is 5.91 Å². The lowest BCUT2D eigenvalue weighted by Crippen LogP contribution is -2.29. The van der Waals surface area contributed by atoms with Crippen LogP contribution in [0.15, 0.2) is 24.3 Å². The van der Waals surface area contributed by atoms with Gasteiger partial charge in [-0.05, 0) is 37.7 Å². The Balaban J connectivity index is 2.22. The van der Waals surface area contributed by atoms with E-state index in [9.17, 15) is 4.79 Å². The van der Waals surface area contributed by atoms with Crippen molar-refractivity contribution in [2.45, 2.75) is 13.0 Å². The van der Waals surface area contributed by atoms with Crippen LogP contribution in [0.3, 0.4) is 0 Å². The standard InChI is InChI=1S/C15H25N3O2/c1-18(10-11-20-2)9-3-8-17-15(19)14-6-4-13(12-16)5-7-14/h4-7H,3,8-12,16H2,1-2H3,(H,17,19). The zero-order valence-corrected chi connectivity index (χ0v) is 12.4. The molecule has 0 aliphatic heterocycles. The van der Waals surface area contributed by atoms with Gasteiger partial charge in [-0.2, -0.15) is 0 Å². The van der Waals surface area contributed by atoms with Crippen LogP contribution in [-0.2, 0) is 11.3 Å². The molecule has 3 N–H and O–H groups in total. The fourth-order valence-corrected chi connectivity index (χ4v) is 1.80. The number of rotatable bonds is 9. The molecular weight excluding hydrogens is 254 g/mol. The third-order valence-electron chi connectivity index (χ3n) is 3.13. The lowest BCUT2D eigenvalue weighted by Gasteiger charge is -2.15. The Morgan fingerprint density at radius 3 is 2.60 bits per heavy atom. The predicted octanol–water partition coefficient (Wildman–Crippen LogP) is 0.843. The Kier molecular flexibility index (Phi) is 7.87. The number of amides is 1. The number of hydrogen-bond donors (Lipinski definition) is 2. The second-order valence-corrected chi connectivity index (χ2v) is 4.81. The largest absolute Gasteiger partial charge is 0.383 e. The van der Waals surface area contributed by atoms with E-state index in [4.69, 9.17) is 10.5 Å². The predicted molar refractivity (Wildman–Crippen MR) is 80.7 cm³/mol. The van der Waals surface area contributed by atoms with Crippen molar-refractivity contribution in [2.75, 3.05) is 40.4 Å². The Bertz CT molecular complexity index is 393. The zero-order valence-electron chi connectivity index (χ0n) is 12.4. The number of carbonyl (C=O) groups excluding carboxylic acids is 1. The van der Waals surface area contributed by atoms with Crippen LogP contribution in [0, 0.1) is 0 Å². The Morgan fingerprint density at radius 1 is 1.30 bits per heavy atom. The number of ether oxygens (including phenoxy) is 1. The summed E-state index contributed by atoms with van der Waals surface area (Å²) in [5.41, 5.74) is 7.23. The van der Waals surface area contributed by atoms with Crippen molar-refractivity contribution < 1.29 is 9.53 Å². The van der Waals surface area contributed by atoms with E-state index >= 15 is 0 Å². The summed E-state index contributed by atoms with van der Waals surface area (Å²) < 4.78 is 5.01. The van der Waals surface area contributed by atoms with Crippen LogP contribution in [0.4, 0.5) is 0 Å². The molecule has 1 aromatic carbocycles. The van der Waals surface area contributed by atoms with E-state index in [1.807, 2.05) is 31.3 Å². The summed E-state index contributed by atoms with van der Waals surface area (Å²) >= 11 is 0. The van der Waals surface area contributed by atoms with E-state index in [-0.39, 0.29) is 5.91 Å². The van der Waals surface area contributed by atoms with Crippen LogP contribution in [-0.4, -0.2) is 51.2 Å². The van der Waals surface area contributed by atoms with Gasteiger partial charge in [-0.25, -0.2) is 0 Å². The van der Waals surface area contributed by atoms with Crippen molar-refractivity contribution in [1.82, 2.24) is 10.2 Å². The minimum atomic E-state index is -0.0342. The molecule has 112 valence electrons. The molecule has 0 bridgehead atoms. The molecule has 0 atom stereocenters. The van der Waals surface area contributed by atoms with Crippen LogP contribution in [0.2, 0.25) is 0 Å². The van der Waals surface area contributed by atoms with Crippen molar-refractivity contribution in [1.29, 1.82) is 0 Å². The van der Waals surface area contributed by atoms with Gasteiger partial charge < -0.3 is 20.7 Å². The third-order valence-corrected chi connectivity index (χ3v) is 3.13. The summed E-state index contributed by atoms with van der Waals surface area (Å²) in [6.07, 6.45) is 0.923. The molecule has 5 nitrogen and oxygen atoms in total. The van der Waals surface area contributed by atoms with Crippen LogP contribution < -0.4 is 11.1 Å². The fourth-order valence-electron chi connectivity index (χ4n) is 1.80. The first-order chi connectivity index (χ1) is 9.67. The van der Waals surface area contributed by atoms with E-state index < -0.39 is 0 Å². The first-order valence-corrected chi connectivity index (χ1v) is 6.92. The molecule has 0 aliphatic rings. The molecule has 0 fully saturated rings. The quantitative estimate of drug-likeness (QED) is 0.657. The number of nitrogens with two attached hydrogens (primary N) is 1. The maximum atomic E-state index is 11.9. The lowest BCUT2D eigenvalue weighted by atomic mass is 10.1. The molecule has 0 radical (unpaired) electrons. The van der Waals surface area contributed by atoms with Crippen LogP contribution in [0.5, 0.6) is 0 Å².